The first-order valence-corrected chi connectivity index (χ1v) is 14.2. The molecule has 0 fully saturated rings. The van der Waals surface area contributed by atoms with E-state index in [1.54, 1.807) is 18.2 Å². The summed E-state index contributed by atoms with van der Waals surface area (Å²) in [5, 5.41) is 2.13. The molecule has 44 heavy (non-hydrogen) atoms. The Hall–Kier alpha value is -5.86. The molecule has 0 saturated heterocycles. The van der Waals surface area contributed by atoms with Crippen LogP contribution in [0.5, 0.6) is 0 Å². The van der Waals surface area contributed by atoms with Crippen LogP contribution >= 0.6 is 0 Å². The molecule has 0 atom stereocenters. The van der Waals surface area contributed by atoms with E-state index in [4.69, 9.17) is 13.7 Å². The Morgan fingerprint density at radius 2 is 1.07 bits per heavy atom. The number of para-hydroxylation sites is 3. The molecule has 208 valence electrons. The number of anilines is 3. The molecule has 0 spiro atoms. The van der Waals surface area contributed by atoms with Gasteiger partial charge < -0.3 is 9.47 Å². The molecule has 0 amide bonds. The van der Waals surface area contributed by atoms with Crippen LogP contribution in [0.15, 0.2) is 182 Å². The molecule has 1 heterocycles. The lowest BCUT2D eigenvalue weighted by Gasteiger charge is -2.26. The van der Waals surface area contributed by atoms with E-state index in [1.807, 2.05) is 48.5 Å². The zero-order valence-electron chi connectivity index (χ0n) is 33.4. The molecular weight excluding hydrogens is 532 g/mol. The quantitative estimate of drug-likeness (QED) is 0.192. The zero-order valence-corrected chi connectivity index (χ0v) is 23.4. The molecule has 0 aliphatic rings. The molecule has 7 aromatic carbocycles. The monoisotopic (exact) mass is 572 g/mol. The third-order valence-electron chi connectivity index (χ3n) is 7.75. The van der Waals surface area contributed by atoms with Gasteiger partial charge in [0.05, 0.1) is 24.7 Å². The number of aromatic nitrogens is 1. The molecule has 0 N–H and O–H groups in total. The minimum absolute atomic E-state index is 0.236. The smallest absolute Gasteiger partial charge is 0.0645 e. The van der Waals surface area contributed by atoms with Crippen molar-refractivity contribution < 1.29 is 13.7 Å². The zero-order chi connectivity index (χ0) is 38.0. The van der Waals surface area contributed by atoms with Gasteiger partial charge in [0.1, 0.15) is 0 Å². The molecule has 0 unspecified atom stereocenters. The van der Waals surface area contributed by atoms with Crippen molar-refractivity contribution in [3.63, 3.8) is 0 Å². The van der Waals surface area contributed by atoms with Crippen LogP contribution < -0.4 is 4.90 Å². The topological polar surface area (TPSA) is 8.17 Å². The SMILES string of the molecule is [2H]c1c([2H])c([2H])c(N(c2cccc(-c3ccc4c5c(-c6ccccc6)cccc5n(-c5ccccc5)c4c3)c2)c2c([2H])c([2H])c([2H])c([2H])c2[2H])c([2H])c1[2H]. The fraction of sp³-hybridized carbons (Fsp3) is 0. The molecule has 0 radical (unpaired) electrons. The van der Waals surface area contributed by atoms with Gasteiger partial charge in [-0.25, -0.2) is 0 Å². The van der Waals surface area contributed by atoms with E-state index in [-0.39, 0.29) is 17.1 Å². The fourth-order valence-electron chi connectivity index (χ4n) is 5.87. The normalized spacial score (nSPS) is 14.4. The molecule has 2 nitrogen and oxygen atoms in total. The predicted octanol–water partition coefficient (Wildman–Crippen LogP) is 11.6. The number of nitrogens with zero attached hydrogens (tertiary/aromatic N) is 2. The highest BCUT2D eigenvalue weighted by Gasteiger charge is 2.18. The number of rotatable bonds is 6. The Kier molecular flexibility index (Phi) is 4.36. The Morgan fingerprint density at radius 3 is 1.77 bits per heavy atom. The summed E-state index contributed by atoms with van der Waals surface area (Å²) in [4.78, 5) is 1.18. The number of benzene rings is 7. The highest BCUT2D eigenvalue weighted by atomic mass is 15.1. The Morgan fingerprint density at radius 1 is 0.455 bits per heavy atom. The third-order valence-corrected chi connectivity index (χ3v) is 7.75. The van der Waals surface area contributed by atoms with Gasteiger partial charge in [-0.15, -0.1) is 0 Å². The summed E-state index contributed by atoms with van der Waals surface area (Å²) in [6.07, 6.45) is 0. The van der Waals surface area contributed by atoms with Crippen LogP contribution in [0.25, 0.3) is 49.7 Å². The van der Waals surface area contributed by atoms with E-state index in [0.717, 1.165) is 44.2 Å². The predicted molar refractivity (Wildman–Crippen MR) is 186 cm³/mol. The highest BCUT2D eigenvalue weighted by Crippen LogP contribution is 2.41. The van der Waals surface area contributed by atoms with Gasteiger partial charge in [0.25, 0.3) is 0 Å². The van der Waals surface area contributed by atoms with Crippen LogP contribution in [-0.4, -0.2) is 4.57 Å². The fourth-order valence-corrected chi connectivity index (χ4v) is 5.87. The van der Waals surface area contributed by atoms with Gasteiger partial charge in [-0.1, -0.05) is 121 Å². The van der Waals surface area contributed by atoms with E-state index in [1.165, 1.54) is 4.90 Å². The summed E-state index contributed by atoms with van der Waals surface area (Å²) in [5.41, 5.74) is 6.16. The first-order chi connectivity index (χ1) is 26.0. The van der Waals surface area contributed by atoms with Crippen molar-refractivity contribution in [1.29, 1.82) is 0 Å². The van der Waals surface area contributed by atoms with Crippen molar-refractivity contribution in [3.8, 4) is 27.9 Å². The van der Waals surface area contributed by atoms with Gasteiger partial charge >= 0.3 is 0 Å². The van der Waals surface area contributed by atoms with E-state index in [0.29, 0.717) is 5.56 Å². The first-order valence-electron chi connectivity index (χ1n) is 19.2. The van der Waals surface area contributed by atoms with E-state index >= 15 is 0 Å². The average molecular weight is 573 g/mol. The summed E-state index contributed by atoms with van der Waals surface area (Å²) < 4.78 is 87.5. The molecule has 8 aromatic rings. The summed E-state index contributed by atoms with van der Waals surface area (Å²) >= 11 is 0. The second kappa shape index (κ2) is 11.1. The average Bonchev–Trinajstić information content (AvgIpc) is 3.54. The number of hydrogen-bond donors (Lipinski definition) is 0. The molecule has 1 aromatic heterocycles. The van der Waals surface area contributed by atoms with Gasteiger partial charge in [0, 0.05) is 33.5 Å². The second-order valence-electron chi connectivity index (χ2n) is 10.3. The van der Waals surface area contributed by atoms with Crippen molar-refractivity contribution in [2.24, 2.45) is 0 Å². The maximum Gasteiger partial charge on any atom is 0.0645 e. The van der Waals surface area contributed by atoms with Crippen LogP contribution in [0.1, 0.15) is 13.7 Å². The molecule has 8 rings (SSSR count). The first kappa shape index (κ1) is 17.3. The summed E-state index contributed by atoms with van der Waals surface area (Å²) in [6.45, 7) is 0. The molecule has 0 bridgehead atoms. The standard InChI is InChI=1S/C42H30N2/c1-5-15-31(16-6-1)38-25-14-26-40-42(38)39-28-27-33(30-41(39)44(40)36-22-11-4-12-23-36)32-17-13-24-37(29-32)43(34-18-7-2-8-19-34)35-20-9-3-10-21-35/h1-30H/i2D,3D,7D,8D,9D,10D,18D,19D,20D,21D. The molecule has 0 saturated carbocycles. The van der Waals surface area contributed by atoms with Crippen molar-refractivity contribution in [2.45, 2.75) is 0 Å². The Labute approximate surface area is 271 Å². The molecular formula is C42H30N2. The Balaban J connectivity index is 1.39. The third kappa shape index (κ3) is 4.54. The van der Waals surface area contributed by atoms with E-state index in [9.17, 15) is 0 Å². The molecule has 0 aliphatic heterocycles. The molecule has 0 aliphatic carbocycles. The van der Waals surface area contributed by atoms with Crippen molar-refractivity contribution in [2.75, 3.05) is 4.90 Å². The lowest BCUT2D eigenvalue weighted by molar-refractivity contribution is 1.18. The van der Waals surface area contributed by atoms with Gasteiger partial charge in [-0.2, -0.15) is 0 Å². The number of fused-ring (bicyclic) bond motifs is 3. The van der Waals surface area contributed by atoms with E-state index < -0.39 is 60.4 Å². The maximum atomic E-state index is 8.83. The maximum absolute atomic E-state index is 8.83. The molecule has 2 heteroatoms. The van der Waals surface area contributed by atoms with Crippen molar-refractivity contribution >= 4 is 38.9 Å². The van der Waals surface area contributed by atoms with Crippen LogP contribution in [0.2, 0.25) is 0 Å². The summed E-state index contributed by atoms with van der Waals surface area (Å²) in [5.74, 6) is 0. The van der Waals surface area contributed by atoms with Crippen LogP contribution in [0.4, 0.5) is 17.1 Å². The minimum atomic E-state index is -0.617. The van der Waals surface area contributed by atoms with Crippen molar-refractivity contribution in [1.82, 2.24) is 4.57 Å². The number of hydrogen-bond acceptors (Lipinski definition) is 1. The lowest BCUT2D eigenvalue weighted by Crippen LogP contribution is -2.09. The van der Waals surface area contributed by atoms with Gasteiger partial charge in [-0.3, -0.25) is 0 Å². The van der Waals surface area contributed by atoms with Crippen LogP contribution in [0, 0.1) is 0 Å². The van der Waals surface area contributed by atoms with E-state index in [2.05, 4.69) is 59.2 Å². The van der Waals surface area contributed by atoms with Gasteiger partial charge in [-0.05, 0) is 82.8 Å². The van der Waals surface area contributed by atoms with Crippen LogP contribution in [0.3, 0.4) is 0 Å². The minimum Gasteiger partial charge on any atom is -0.310 e. The summed E-state index contributed by atoms with van der Waals surface area (Å²) in [6, 6.07) is 33.7. The van der Waals surface area contributed by atoms with Crippen LogP contribution in [-0.2, 0) is 0 Å². The largest absolute Gasteiger partial charge is 0.310 e. The highest BCUT2D eigenvalue weighted by molar-refractivity contribution is 6.16. The van der Waals surface area contributed by atoms with Gasteiger partial charge in [0.2, 0.25) is 0 Å². The Bertz CT molecular complexity index is 2650. The second-order valence-corrected chi connectivity index (χ2v) is 10.3. The van der Waals surface area contributed by atoms with Gasteiger partial charge in [0.15, 0.2) is 0 Å². The summed E-state index contributed by atoms with van der Waals surface area (Å²) in [7, 11) is 0. The van der Waals surface area contributed by atoms with Crippen molar-refractivity contribution in [3.05, 3.63) is 182 Å². The lowest BCUT2D eigenvalue weighted by atomic mass is 9.98.